The maximum Gasteiger partial charge on any atom is 0.243 e. The molecule has 2 aliphatic heterocycles. The number of carbonyl (C=O) groups excluding carboxylic acids is 1. The summed E-state index contributed by atoms with van der Waals surface area (Å²) in [6, 6.07) is 5.34. The highest BCUT2D eigenvalue weighted by Crippen LogP contribution is 2.25. The van der Waals surface area contributed by atoms with Gasteiger partial charge in [-0.1, -0.05) is 26.0 Å². The predicted molar refractivity (Wildman–Crippen MR) is 115 cm³/mol. The van der Waals surface area contributed by atoms with Gasteiger partial charge < -0.3 is 4.90 Å². The van der Waals surface area contributed by atoms with Gasteiger partial charge in [0.15, 0.2) is 0 Å². The van der Waals surface area contributed by atoms with Gasteiger partial charge in [-0.25, -0.2) is 8.42 Å². The molecule has 3 atom stereocenters. The van der Waals surface area contributed by atoms with Crippen LogP contribution in [0.15, 0.2) is 23.1 Å². The number of sulfonamides is 1. The summed E-state index contributed by atoms with van der Waals surface area (Å²) in [4.78, 5) is 17.5. The molecule has 0 N–H and O–H groups in total. The molecule has 0 aromatic heterocycles. The molecule has 162 valence electrons. The van der Waals surface area contributed by atoms with Crippen LogP contribution < -0.4 is 0 Å². The first kappa shape index (κ1) is 22.2. The third kappa shape index (κ3) is 4.84. The van der Waals surface area contributed by atoms with Crippen LogP contribution in [0.2, 0.25) is 0 Å². The Morgan fingerprint density at radius 2 is 1.62 bits per heavy atom. The second-order valence-corrected chi connectivity index (χ2v) is 11.0. The third-order valence-electron chi connectivity index (χ3n) is 6.32. The summed E-state index contributed by atoms with van der Waals surface area (Å²) >= 11 is 0. The molecule has 1 aromatic rings. The van der Waals surface area contributed by atoms with Crippen LogP contribution in [0.4, 0.5) is 0 Å². The number of amides is 1. The van der Waals surface area contributed by atoms with E-state index in [2.05, 4.69) is 18.7 Å². The topological polar surface area (TPSA) is 60.9 Å². The van der Waals surface area contributed by atoms with Gasteiger partial charge >= 0.3 is 0 Å². The number of nitrogens with zero attached hydrogens (tertiary/aromatic N) is 3. The Hall–Kier alpha value is -1.44. The van der Waals surface area contributed by atoms with E-state index in [1.54, 1.807) is 10.4 Å². The zero-order chi connectivity index (χ0) is 21.3. The number of aryl methyl sites for hydroxylation is 2. The number of piperazine rings is 1. The molecule has 0 unspecified atom stereocenters. The van der Waals surface area contributed by atoms with Crippen LogP contribution in [-0.4, -0.2) is 73.7 Å². The van der Waals surface area contributed by atoms with E-state index in [0.717, 1.165) is 24.2 Å². The average Bonchev–Trinajstić information content (AvgIpc) is 2.68. The van der Waals surface area contributed by atoms with E-state index in [9.17, 15) is 13.2 Å². The van der Waals surface area contributed by atoms with Crippen molar-refractivity contribution in [3.63, 3.8) is 0 Å². The first-order valence-corrected chi connectivity index (χ1v) is 12.1. The van der Waals surface area contributed by atoms with Gasteiger partial charge in [0.05, 0.1) is 10.9 Å². The van der Waals surface area contributed by atoms with E-state index < -0.39 is 10.0 Å². The van der Waals surface area contributed by atoms with Crippen molar-refractivity contribution in [3.8, 4) is 0 Å². The molecular formula is C22H35N3O3S. The predicted octanol–water partition coefficient (Wildman–Crippen LogP) is 2.50. The molecule has 29 heavy (non-hydrogen) atoms. The highest BCUT2D eigenvalue weighted by Gasteiger charge is 2.35. The minimum atomic E-state index is -3.51. The molecule has 0 bridgehead atoms. The quantitative estimate of drug-likeness (QED) is 0.749. The van der Waals surface area contributed by atoms with E-state index in [1.165, 1.54) is 6.42 Å². The van der Waals surface area contributed by atoms with Crippen molar-refractivity contribution in [2.24, 2.45) is 11.8 Å². The molecule has 1 aromatic carbocycles. The fourth-order valence-corrected chi connectivity index (χ4v) is 6.45. The molecule has 2 fully saturated rings. The largest absolute Gasteiger partial charge is 0.341 e. The van der Waals surface area contributed by atoms with Crippen LogP contribution in [0.5, 0.6) is 0 Å². The number of hydrogen-bond acceptors (Lipinski definition) is 4. The lowest BCUT2D eigenvalue weighted by molar-refractivity contribution is -0.139. The molecule has 7 heteroatoms. The lowest BCUT2D eigenvalue weighted by Crippen LogP contribution is -2.56. The van der Waals surface area contributed by atoms with E-state index >= 15 is 0 Å². The lowest BCUT2D eigenvalue weighted by atomic mass is 9.91. The summed E-state index contributed by atoms with van der Waals surface area (Å²) < 4.78 is 27.8. The molecule has 2 aliphatic rings. The van der Waals surface area contributed by atoms with Gasteiger partial charge in [-0.2, -0.15) is 4.31 Å². The summed E-state index contributed by atoms with van der Waals surface area (Å²) in [6.07, 6.45) is 1.17. The van der Waals surface area contributed by atoms with Gasteiger partial charge in [0.1, 0.15) is 0 Å². The maximum atomic E-state index is 13.1. The van der Waals surface area contributed by atoms with Gasteiger partial charge in [-0.3, -0.25) is 9.69 Å². The zero-order valence-electron chi connectivity index (χ0n) is 18.4. The van der Waals surface area contributed by atoms with Crippen LogP contribution in [0.25, 0.3) is 0 Å². The molecule has 3 rings (SSSR count). The third-order valence-corrected chi connectivity index (χ3v) is 8.36. The molecule has 2 heterocycles. The van der Waals surface area contributed by atoms with Crippen molar-refractivity contribution in [2.75, 3.05) is 39.3 Å². The molecule has 1 amide bonds. The minimum Gasteiger partial charge on any atom is -0.341 e. The first-order chi connectivity index (χ1) is 13.6. The number of rotatable bonds is 4. The average molecular weight is 422 g/mol. The highest BCUT2D eigenvalue weighted by molar-refractivity contribution is 7.89. The van der Waals surface area contributed by atoms with E-state index in [1.807, 2.05) is 37.8 Å². The van der Waals surface area contributed by atoms with Crippen LogP contribution in [-0.2, 0) is 14.8 Å². The summed E-state index contributed by atoms with van der Waals surface area (Å²) in [5.74, 6) is 1.25. The molecule has 0 saturated carbocycles. The number of carbonyl (C=O) groups is 1. The summed E-state index contributed by atoms with van der Waals surface area (Å²) in [5, 5.41) is 0. The number of benzene rings is 1. The Kier molecular flexibility index (Phi) is 6.70. The standard InChI is InChI=1S/C22H35N3O3S/c1-16-6-7-19(4)21(13-16)29(27,28)25-10-8-23(9-11-25)20(5)22(26)24-14-17(2)12-18(3)15-24/h6-7,13,17-18,20H,8-12,14-15H2,1-5H3/t17-,18+,20-/m0/s1. The van der Waals surface area contributed by atoms with Crippen molar-refractivity contribution in [2.45, 2.75) is 52.0 Å². The number of likely N-dealkylation sites (tertiary alicyclic amines) is 1. The molecule has 0 spiro atoms. The van der Waals surface area contributed by atoms with Crippen molar-refractivity contribution in [1.82, 2.24) is 14.1 Å². The first-order valence-electron chi connectivity index (χ1n) is 10.7. The minimum absolute atomic E-state index is 0.175. The number of piperidine rings is 1. The Balaban J connectivity index is 1.64. The van der Waals surface area contributed by atoms with Gasteiger partial charge in [0.25, 0.3) is 0 Å². The summed E-state index contributed by atoms with van der Waals surface area (Å²) in [7, 11) is -3.51. The second-order valence-electron chi connectivity index (χ2n) is 9.07. The summed E-state index contributed by atoms with van der Waals surface area (Å²) in [6.45, 7) is 13.8. The molecular weight excluding hydrogens is 386 g/mol. The van der Waals surface area contributed by atoms with Crippen molar-refractivity contribution >= 4 is 15.9 Å². The van der Waals surface area contributed by atoms with E-state index in [-0.39, 0.29) is 11.9 Å². The molecule has 0 radical (unpaired) electrons. The van der Waals surface area contributed by atoms with E-state index in [4.69, 9.17) is 0 Å². The van der Waals surface area contributed by atoms with Crippen LogP contribution >= 0.6 is 0 Å². The highest BCUT2D eigenvalue weighted by atomic mass is 32.2. The van der Waals surface area contributed by atoms with Gasteiger partial charge in [0.2, 0.25) is 15.9 Å². The van der Waals surface area contributed by atoms with Crippen molar-refractivity contribution in [1.29, 1.82) is 0 Å². The van der Waals surface area contributed by atoms with Gasteiger partial charge in [-0.05, 0) is 56.2 Å². The van der Waals surface area contributed by atoms with Crippen molar-refractivity contribution < 1.29 is 13.2 Å². The molecule has 0 aliphatic carbocycles. The van der Waals surface area contributed by atoms with Gasteiger partial charge in [-0.15, -0.1) is 0 Å². The fourth-order valence-electron chi connectivity index (χ4n) is 4.72. The fraction of sp³-hybridized carbons (Fsp3) is 0.682. The zero-order valence-corrected chi connectivity index (χ0v) is 19.2. The summed E-state index contributed by atoms with van der Waals surface area (Å²) in [5.41, 5.74) is 1.71. The van der Waals surface area contributed by atoms with Crippen molar-refractivity contribution in [3.05, 3.63) is 29.3 Å². The number of hydrogen-bond donors (Lipinski definition) is 0. The SMILES string of the molecule is Cc1ccc(C)c(S(=O)(=O)N2CCN([C@@H](C)C(=O)N3C[C@H](C)C[C@H](C)C3)CC2)c1. The second kappa shape index (κ2) is 8.74. The Morgan fingerprint density at radius 1 is 1.03 bits per heavy atom. The Labute approximate surface area is 175 Å². The normalized spacial score (nSPS) is 25.8. The maximum absolute atomic E-state index is 13.1. The Bertz CT molecular complexity index is 837. The molecule has 6 nitrogen and oxygen atoms in total. The van der Waals surface area contributed by atoms with E-state index in [0.29, 0.717) is 42.9 Å². The lowest BCUT2D eigenvalue weighted by Gasteiger charge is -2.41. The smallest absolute Gasteiger partial charge is 0.243 e. The molecule has 2 saturated heterocycles. The van der Waals surface area contributed by atoms with Crippen LogP contribution in [0.1, 0.15) is 38.3 Å². The van der Waals surface area contributed by atoms with Crippen LogP contribution in [0, 0.1) is 25.7 Å². The van der Waals surface area contributed by atoms with Crippen LogP contribution in [0.3, 0.4) is 0 Å². The van der Waals surface area contributed by atoms with Gasteiger partial charge in [0, 0.05) is 39.3 Å². The Morgan fingerprint density at radius 3 is 2.21 bits per heavy atom. The monoisotopic (exact) mass is 421 g/mol.